The largest absolute Gasteiger partial charge is 0.394 e. The van der Waals surface area contributed by atoms with Gasteiger partial charge in [0.2, 0.25) is 0 Å². The van der Waals surface area contributed by atoms with Gasteiger partial charge in [0.05, 0.1) is 6.61 Å². The zero-order chi connectivity index (χ0) is 16.0. The quantitative estimate of drug-likeness (QED) is 0.605. The third-order valence-electron chi connectivity index (χ3n) is 4.04. The smallest absolute Gasteiger partial charge is 0.255 e. The number of aromatic amines is 1. The monoisotopic (exact) mass is 306 g/mol. The molecule has 0 radical (unpaired) electrons. The maximum atomic E-state index is 12.3. The van der Waals surface area contributed by atoms with Crippen molar-refractivity contribution in [1.82, 2.24) is 9.97 Å². The van der Waals surface area contributed by atoms with E-state index in [1.54, 1.807) is 6.07 Å². The van der Waals surface area contributed by atoms with Crippen molar-refractivity contribution in [3.05, 3.63) is 39.3 Å². The molecule has 1 aliphatic rings. The predicted octanol–water partition coefficient (Wildman–Crippen LogP) is -0.306. The summed E-state index contributed by atoms with van der Waals surface area (Å²) in [5.74, 6) is 0. The minimum atomic E-state index is -1.27. The topological polar surface area (TPSA) is 116 Å². The van der Waals surface area contributed by atoms with Gasteiger partial charge in [-0.3, -0.25) is 4.79 Å². The van der Waals surface area contributed by atoms with Crippen LogP contribution in [0.2, 0.25) is 0 Å². The van der Waals surface area contributed by atoms with Gasteiger partial charge in [0.25, 0.3) is 5.56 Å². The second kappa shape index (κ2) is 5.44. The molecule has 118 valence electrons. The number of aromatic nitrogens is 2. The SMILES string of the molecule is Cc1cc(C)c2cc([C@@H]3O[C@H](CO)C(O)[C@@H]3O)c(=O)[nH]c2n1. The van der Waals surface area contributed by atoms with Gasteiger partial charge in [0.15, 0.2) is 0 Å². The number of aliphatic hydroxyl groups excluding tert-OH is 3. The molecule has 0 aromatic carbocycles. The lowest BCUT2D eigenvalue weighted by molar-refractivity contribution is -0.0231. The molecule has 0 aliphatic carbocycles. The van der Waals surface area contributed by atoms with E-state index in [4.69, 9.17) is 9.84 Å². The van der Waals surface area contributed by atoms with Gasteiger partial charge in [-0.15, -0.1) is 0 Å². The van der Waals surface area contributed by atoms with Crippen LogP contribution >= 0.6 is 0 Å². The number of hydrogen-bond donors (Lipinski definition) is 4. The molecule has 2 aromatic rings. The van der Waals surface area contributed by atoms with Crippen molar-refractivity contribution in [3.8, 4) is 0 Å². The molecule has 3 heterocycles. The van der Waals surface area contributed by atoms with Crippen LogP contribution in [-0.4, -0.2) is 50.2 Å². The van der Waals surface area contributed by atoms with Crippen LogP contribution in [0.4, 0.5) is 0 Å². The molecule has 22 heavy (non-hydrogen) atoms. The average Bonchev–Trinajstić information content (AvgIpc) is 2.74. The maximum absolute atomic E-state index is 12.3. The van der Waals surface area contributed by atoms with Crippen LogP contribution in [-0.2, 0) is 4.74 Å². The number of rotatable bonds is 2. The summed E-state index contributed by atoms with van der Waals surface area (Å²) in [6.07, 6.45) is -4.40. The van der Waals surface area contributed by atoms with E-state index in [9.17, 15) is 15.0 Å². The minimum Gasteiger partial charge on any atom is -0.394 e. The lowest BCUT2D eigenvalue weighted by Gasteiger charge is -2.15. The molecule has 1 unspecified atom stereocenters. The third kappa shape index (κ3) is 2.32. The number of aryl methyl sites for hydroxylation is 2. The second-order valence-electron chi connectivity index (χ2n) is 5.66. The number of hydrogen-bond acceptors (Lipinski definition) is 6. The summed E-state index contributed by atoms with van der Waals surface area (Å²) < 4.78 is 5.42. The summed E-state index contributed by atoms with van der Waals surface area (Å²) in [5.41, 5.74) is 1.98. The molecule has 2 aromatic heterocycles. The highest BCUT2D eigenvalue weighted by atomic mass is 16.6. The first-order valence-electron chi connectivity index (χ1n) is 7.06. The first kappa shape index (κ1) is 15.1. The lowest BCUT2D eigenvalue weighted by Crippen LogP contribution is -2.33. The van der Waals surface area contributed by atoms with Crippen LogP contribution < -0.4 is 5.56 Å². The van der Waals surface area contributed by atoms with E-state index in [1.807, 2.05) is 19.9 Å². The van der Waals surface area contributed by atoms with E-state index in [0.29, 0.717) is 5.65 Å². The molecule has 1 fully saturated rings. The molecule has 7 nitrogen and oxygen atoms in total. The van der Waals surface area contributed by atoms with Crippen molar-refractivity contribution >= 4 is 11.0 Å². The molecule has 0 spiro atoms. The number of aliphatic hydroxyl groups is 3. The van der Waals surface area contributed by atoms with E-state index in [2.05, 4.69) is 9.97 Å². The summed E-state index contributed by atoms with van der Waals surface area (Å²) in [4.78, 5) is 19.2. The average molecular weight is 306 g/mol. The van der Waals surface area contributed by atoms with E-state index in [-0.39, 0.29) is 5.56 Å². The zero-order valence-corrected chi connectivity index (χ0v) is 12.3. The van der Waals surface area contributed by atoms with Crippen molar-refractivity contribution < 1.29 is 20.1 Å². The third-order valence-corrected chi connectivity index (χ3v) is 4.04. The Hall–Kier alpha value is -1.80. The standard InChI is InChI=1S/C15H18N2O5/c1-6-3-7(2)16-14-8(6)4-9(15(21)17-14)13-12(20)11(19)10(5-18)22-13/h3-4,10-13,18-20H,5H2,1-2H3,(H,16,17,21)/t10-,11?,12+,13+/m1/s1. The Balaban J connectivity index is 2.12. The normalized spacial score (nSPS) is 28.4. The van der Waals surface area contributed by atoms with Crippen LogP contribution in [0, 0.1) is 13.8 Å². The van der Waals surface area contributed by atoms with E-state index >= 15 is 0 Å². The summed E-state index contributed by atoms with van der Waals surface area (Å²) in [6, 6.07) is 3.51. The molecule has 3 rings (SSSR count). The van der Waals surface area contributed by atoms with Crippen molar-refractivity contribution in [1.29, 1.82) is 0 Å². The summed E-state index contributed by atoms with van der Waals surface area (Å²) in [7, 11) is 0. The van der Waals surface area contributed by atoms with E-state index in [0.717, 1.165) is 16.6 Å². The highest BCUT2D eigenvalue weighted by Crippen LogP contribution is 2.32. The molecule has 1 saturated heterocycles. The lowest BCUT2D eigenvalue weighted by atomic mass is 10.0. The van der Waals surface area contributed by atoms with Crippen LogP contribution in [0.15, 0.2) is 16.9 Å². The molecule has 0 amide bonds. The molecule has 0 saturated carbocycles. The molecular formula is C15H18N2O5. The molecule has 4 N–H and O–H groups in total. The second-order valence-corrected chi connectivity index (χ2v) is 5.66. The molecule has 7 heteroatoms. The molecular weight excluding hydrogens is 288 g/mol. The van der Waals surface area contributed by atoms with Crippen LogP contribution in [0.1, 0.15) is 22.9 Å². The zero-order valence-electron chi connectivity index (χ0n) is 12.3. The summed E-state index contributed by atoms with van der Waals surface area (Å²) in [6.45, 7) is 3.31. The summed E-state index contributed by atoms with van der Waals surface area (Å²) >= 11 is 0. The highest BCUT2D eigenvalue weighted by Gasteiger charge is 2.44. The molecule has 1 aliphatic heterocycles. The highest BCUT2D eigenvalue weighted by molar-refractivity contribution is 5.79. The van der Waals surface area contributed by atoms with Gasteiger partial charge in [-0.25, -0.2) is 4.98 Å². The van der Waals surface area contributed by atoms with Crippen molar-refractivity contribution in [3.63, 3.8) is 0 Å². The Morgan fingerprint density at radius 1 is 1.27 bits per heavy atom. The van der Waals surface area contributed by atoms with Crippen LogP contribution in [0.5, 0.6) is 0 Å². The Kier molecular flexibility index (Phi) is 3.73. The van der Waals surface area contributed by atoms with Crippen LogP contribution in [0.3, 0.4) is 0 Å². The molecule has 0 bridgehead atoms. The van der Waals surface area contributed by atoms with Crippen LogP contribution in [0.25, 0.3) is 11.0 Å². The fourth-order valence-electron chi connectivity index (χ4n) is 2.89. The summed E-state index contributed by atoms with van der Waals surface area (Å²) in [5, 5.41) is 29.8. The van der Waals surface area contributed by atoms with E-state index in [1.165, 1.54) is 0 Å². The Bertz CT molecular complexity index is 772. The van der Waals surface area contributed by atoms with Gasteiger partial charge >= 0.3 is 0 Å². The number of H-pyrrole nitrogens is 1. The van der Waals surface area contributed by atoms with Gasteiger partial charge in [0.1, 0.15) is 30.1 Å². The first-order chi connectivity index (χ1) is 10.4. The van der Waals surface area contributed by atoms with Gasteiger partial charge in [-0.05, 0) is 31.5 Å². The van der Waals surface area contributed by atoms with Crippen molar-refractivity contribution in [2.24, 2.45) is 0 Å². The van der Waals surface area contributed by atoms with Gasteiger partial charge < -0.3 is 25.0 Å². The number of fused-ring (bicyclic) bond motifs is 1. The van der Waals surface area contributed by atoms with Gasteiger partial charge in [-0.1, -0.05) is 0 Å². The molecule has 4 atom stereocenters. The number of nitrogens with zero attached hydrogens (tertiary/aromatic N) is 1. The van der Waals surface area contributed by atoms with Crippen molar-refractivity contribution in [2.45, 2.75) is 38.3 Å². The van der Waals surface area contributed by atoms with Gasteiger partial charge in [0, 0.05) is 16.6 Å². The Morgan fingerprint density at radius 2 is 2.00 bits per heavy atom. The maximum Gasteiger partial charge on any atom is 0.255 e. The van der Waals surface area contributed by atoms with E-state index < -0.39 is 36.6 Å². The Morgan fingerprint density at radius 3 is 2.64 bits per heavy atom. The van der Waals surface area contributed by atoms with Crippen molar-refractivity contribution in [2.75, 3.05) is 6.61 Å². The number of nitrogens with one attached hydrogen (secondary N) is 1. The predicted molar refractivity (Wildman–Crippen MR) is 78.6 cm³/mol. The van der Waals surface area contributed by atoms with Gasteiger partial charge in [-0.2, -0.15) is 0 Å². The minimum absolute atomic E-state index is 0.212. The first-order valence-corrected chi connectivity index (χ1v) is 7.06. The fourth-order valence-corrected chi connectivity index (χ4v) is 2.89. The number of ether oxygens (including phenoxy) is 1. The number of pyridine rings is 2. The fraction of sp³-hybridized carbons (Fsp3) is 0.467. The Labute approximate surface area is 126 Å².